The van der Waals surface area contributed by atoms with Crippen LogP contribution in [0.3, 0.4) is 0 Å². The number of alkyl halides is 2. The van der Waals surface area contributed by atoms with Crippen LogP contribution in [0.25, 0.3) is 0 Å². The molecular weight excluding hydrogens is 740 g/mol. The van der Waals surface area contributed by atoms with Crippen LogP contribution in [0.1, 0.15) is 69.9 Å². The molecule has 0 aliphatic carbocycles. The molecule has 1 aromatic heterocycles. The van der Waals surface area contributed by atoms with Gasteiger partial charge in [0.25, 0.3) is 18.3 Å². The molecule has 1 aliphatic heterocycles. The maximum absolute atomic E-state index is 15.5. The monoisotopic (exact) mass is 787 g/mol. The molecule has 1 fully saturated rings. The summed E-state index contributed by atoms with van der Waals surface area (Å²) in [7, 11) is 0. The third-order valence-corrected chi connectivity index (χ3v) is 9.05. The van der Waals surface area contributed by atoms with Crippen molar-refractivity contribution in [1.29, 1.82) is 0 Å². The van der Waals surface area contributed by atoms with E-state index in [1.54, 1.807) is 51.2 Å². The van der Waals surface area contributed by atoms with Gasteiger partial charge in [0, 0.05) is 25.2 Å². The number of Topliss-reactive ketones (excluding diaryl/α,β-unsaturated/α-hetero) is 1. The Morgan fingerprint density at radius 1 is 0.946 bits per heavy atom. The van der Waals surface area contributed by atoms with Crippen LogP contribution >= 0.6 is 0 Å². The number of carbonyl (C=O) groups excluding carboxylic acids is 7. The zero-order valence-corrected chi connectivity index (χ0v) is 31.6. The molecule has 2 heterocycles. The molecule has 0 saturated carbocycles. The minimum atomic E-state index is -4.78. The average molecular weight is 788 g/mol. The molecule has 19 heteroatoms. The Hall–Kier alpha value is -5.88. The Bertz CT molecular complexity index is 1730. The lowest BCUT2D eigenvalue weighted by Crippen LogP contribution is -2.61. The highest BCUT2D eigenvalue weighted by Crippen LogP contribution is 2.25. The summed E-state index contributed by atoms with van der Waals surface area (Å²) in [5.74, 6) is -15.0. The summed E-state index contributed by atoms with van der Waals surface area (Å²) in [6, 6.07) is 0.182. The molecular formula is C37H47F2N7O10. The van der Waals surface area contributed by atoms with Crippen molar-refractivity contribution in [2.75, 3.05) is 6.54 Å². The maximum Gasteiger partial charge on any atom is 0.383 e. The van der Waals surface area contributed by atoms with Gasteiger partial charge < -0.3 is 36.0 Å². The van der Waals surface area contributed by atoms with Gasteiger partial charge in [-0.15, -0.1) is 0 Å². The number of rotatable bonds is 20. The van der Waals surface area contributed by atoms with Crippen molar-refractivity contribution in [3.05, 3.63) is 60.2 Å². The van der Waals surface area contributed by atoms with E-state index in [1.165, 1.54) is 37.6 Å². The highest BCUT2D eigenvalue weighted by Gasteiger charge is 2.52. The van der Waals surface area contributed by atoms with Gasteiger partial charge in [-0.25, -0.2) is 9.78 Å². The fourth-order valence-electron chi connectivity index (χ4n) is 6.02. The van der Waals surface area contributed by atoms with Crippen LogP contribution in [0, 0.1) is 11.8 Å². The number of ketones is 1. The predicted molar refractivity (Wildman–Crippen MR) is 192 cm³/mol. The van der Waals surface area contributed by atoms with Gasteiger partial charge in [-0.1, -0.05) is 71.4 Å². The number of benzene rings is 1. The number of carboxylic acid groups (broad SMARTS) is 1. The minimum absolute atomic E-state index is 0.0552. The summed E-state index contributed by atoms with van der Waals surface area (Å²) in [4.78, 5) is 112. The number of hydrogen-bond donors (Lipinski definition) is 5. The van der Waals surface area contributed by atoms with E-state index in [2.05, 4.69) is 25.9 Å². The summed E-state index contributed by atoms with van der Waals surface area (Å²) >= 11 is 0. The summed E-state index contributed by atoms with van der Waals surface area (Å²) in [5.41, 5.74) is 0.364. The van der Waals surface area contributed by atoms with E-state index in [1.807, 2.05) is 0 Å². The van der Waals surface area contributed by atoms with E-state index < -0.39 is 95.4 Å². The number of ether oxygens (including phenoxy) is 1. The SMILES string of the molecule is CCC[C@H](NC(=O)[C@@H]1C[C@@H](OC=O)CN1C(=O)[C@@H](NC(=O)[C@@H](NC(=O)c1cnccn1)C(C)C)C(C)C)C(=O)C(F)(F)C(=O)N[C@@H](Cc1ccccc1)C(=O)O. The number of halogens is 2. The maximum atomic E-state index is 15.5. The Morgan fingerprint density at radius 2 is 1.61 bits per heavy atom. The minimum Gasteiger partial charge on any atom is -0.480 e. The molecule has 2 aromatic rings. The van der Waals surface area contributed by atoms with Gasteiger partial charge in [0.05, 0.1) is 18.8 Å². The third-order valence-electron chi connectivity index (χ3n) is 9.05. The molecule has 0 spiro atoms. The van der Waals surface area contributed by atoms with Gasteiger partial charge in [-0.05, 0) is 23.8 Å². The first-order chi connectivity index (χ1) is 26.4. The van der Waals surface area contributed by atoms with Gasteiger partial charge in [0.2, 0.25) is 23.5 Å². The van der Waals surface area contributed by atoms with Crippen LogP contribution in [-0.2, 0) is 44.7 Å². The topological polar surface area (TPSA) is 243 Å². The van der Waals surface area contributed by atoms with Crippen molar-refractivity contribution < 1.29 is 57.0 Å². The molecule has 1 aromatic carbocycles. The lowest BCUT2D eigenvalue weighted by Gasteiger charge is -2.32. The largest absolute Gasteiger partial charge is 0.480 e. The second-order valence-corrected chi connectivity index (χ2v) is 14.0. The van der Waals surface area contributed by atoms with Crippen molar-refractivity contribution in [2.45, 2.75) is 103 Å². The first-order valence-electron chi connectivity index (χ1n) is 18.0. The van der Waals surface area contributed by atoms with Crippen molar-refractivity contribution in [1.82, 2.24) is 36.1 Å². The van der Waals surface area contributed by atoms with Crippen molar-refractivity contribution in [3.8, 4) is 0 Å². The number of nitrogens with zero attached hydrogens (tertiary/aromatic N) is 3. The number of likely N-dealkylation sites (tertiary alicyclic amines) is 1. The van der Waals surface area contributed by atoms with Gasteiger partial charge in [-0.3, -0.25) is 38.5 Å². The Morgan fingerprint density at radius 3 is 2.16 bits per heavy atom. The number of aliphatic carboxylic acids is 1. The second kappa shape index (κ2) is 20.2. The van der Waals surface area contributed by atoms with E-state index in [-0.39, 0.29) is 44.4 Å². The van der Waals surface area contributed by atoms with E-state index >= 15 is 8.78 Å². The fraction of sp³-hybridized carbons (Fsp3) is 0.514. The van der Waals surface area contributed by atoms with Crippen molar-refractivity contribution >= 4 is 47.8 Å². The molecule has 0 radical (unpaired) electrons. The van der Waals surface area contributed by atoms with Crippen molar-refractivity contribution in [2.24, 2.45) is 11.8 Å². The van der Waals surface area contributed by atoms with Gasteiger partial charge >= 0.3 is 11.9 Å². The van der Waals surface area contributed by atoms with E-state index in [9.17, 15) is 43.5 Å². The molecule has 3 rings (SSSR count). The van der Waals surface area contributed by atoms with Crippen LogP contribution in [0.15, 0.2) is 48.9 Å². The zero-order chi connectivity index (χ0) is 41.7. The Kier molecular flexibility index (Phi) is 16.0. The highest BCUT2D eigenvalue weighted by molar-refractivity contribution is 6.11. The van der Waals surface area contributed by atoms with Crippen LogP contribution in [0.5, 0.6) is 0 Å². The molecule has 0 bridgehead atoms. The highest BCUT2D eigenvalue weighted by atomic mass is 19.3. The number of nitrogens with one attached hydrogen (secondary N) is 4. The normalized spacial score (nSPS) is 17.6. The lowest BCUT2D eigenvalue weighted by atomic mass is 9.98. The number of amides is 5. The van der Waals surface area contributed by atoms with E-state index in [4.69, 9.17) is 4.74 Å². The summed E-state index contributed by atoms with van der Waals surface area (Å²) in [6.07, 6.45) is 1.89. The molecule has 17 nitrogen and oxygen atoms in total. The fourth-order valence-corrected chi connectivity index (χ4v) is 6.02. The zero-order valence-electron chi connectivity index (χ0n) is 31.6. The van der Waals surface area contributed by atoms with Crippen LogP contribution in [0.4, 0.5) is 8.78 Å². The molecule has 0 unspecified atom stereocenters. The second-order valence-electron chi connectivity index (χ2n) is 14.0. The van der Waals surface area contributed by atoms with Crippen molar-refractivity contribution in [3.63, 3.8) is 0 Å². The molecule has 1 aliphatic rings. The number of carbonyl (C=O) groups is 8. The van der Waals surface area contributed by atoms with Crippen LogP contribution in [-0.4, -0.2) is 117 Å². The first kappa shape index (κ1) is 44.5. The Balaban J connectivity index is 1.81. The third kappa shape index (κ3) is 11.6. The number of carboxylic acids is 1. The Labute approximate surface area is 321 Å². The smallest absolute Gasteiger partial charge is 0.383 e. The van der Waals surface area contributed by atoms with E-state index in [0.29, 0.717) is 5.56 Å². The van der Waals surface area contributed by atoms with E-state index in [0.717, 1.165) is 4.90 Å². The summed E-state index contributed by atoms with van der Waals surface area (Å²) in [5, 5.41) is 18.7. The molecule has 1 saturated heterocycles. The first-order valence-corrected chi connectivity index (χ1v) is 18.0. The predicted octanol–water partition coefficient (Wildman–Crippen LogP) is 0.816. The average Bonchev–Trinajstić information content (AvgIpc) is 3.59. The summed E-state index contributed by atoms with van der Waals surface area (Å²) in [6.45, 7) is 7.82. The summed E-state index contributed by atoms with van der Waals surface area (Å²) < 4.78 is 35.9. The van der Waals surface area contributed by atoms with Gasteiger partial charge in [0.1, 0.15) is 36.0 Å². The van der Waals surface area contributed by atoms with Crippen LogP contribution < -0.4 is 21.3 Å². The number of aromatic nitrogens is 2. The quantitative estimate of drug-likeness (QED) is 0.0926. The molecule has 5 N–H and O–H groups in total. The van der Waals surface area contributed by atoms with Gasteiger partial charge in [0.15, 0.2) is 0 Å². The lowest BCUT2D eigenvalue weighted by molar-refractivity contribution is -0.162. The molecule has 6 atom stereocenters. The van der Waals surface area contributed by atoms with Gasteiger partial charge in [-0.2, -0.15) is 8.78 Å². The number of hydrogen-bond acceptors (Lipinski definition) is 11. The molecule has 56 heavy (non-hydrogen) atoms. The standard InChI is InChI=1S/C37H47F2N7O10/c1-6-10-24(30(48)37(38,39)36(55)43-25(35(53)54)15-22-11-8-7-9-12-22)42-32(50)27-16-23(56-19-47)18-46(27)34(52)29(21(4)5)45-33(51)28(20(2)3)44-31(49)26-17-40-13-14-41-26/h7-9,11-14,17,19-21,23-25,27-29H,6,10,15-16,18H2,1-5H3,(H,42,50)(H,43,55)(H,44,49)(H,45,51)(H,53,54)/t23-,24+,25+,27+,28+,29+/m1/s1. The van der Waals surface area contributed by atoms with Crippen LogP contribution in [0.2, 0.25) is 0 Å². The molecule has 304 valence electrons. The molecule has 5 amide bonds.